The second-order valence-electron chi connectivity index (χ2n) is 8.07. The number of carbonyl (C=O) groups is 1. The quantitative estimate of drug-likeness (QED) is 0.316. The second-order valence-corrected chi connectivity index (χ2v) is 9.23. The first-order chi connectivity index (χ1) is 16.5. The monoisotopic (exact) mass is 609 g/mol. The van der Waals surface area contributed by atoms with E-state index in [2.05, 4.69) is 48.5 Å². The molecule has 0 radical (unpaired) electrons. The molecule has 1 aliphatic carbocycles. The van der Waals surface area contributed by atoms with E-state index in [1.807, 2.05) is 35.6 Å². The molecule has 0 amide bonds. The Morgan fingerprint density at radius 3 is 2.43 bits per heavy atom. The third kappa shape index (κ3) is 6.54. The van der Waals surface area contributed by atoms with Crippen molar-refractivity contribution in [2.24, 2.45) is 7.05 Å². The molecule has 1 aromatic carbocycles. The Morgan fingerprint density at radius 1 is 1.26 bits per heavy atom. The summed E-state index contributed by atoms with van der Waals surface area (Å²) < 4.78 is 50.9. The Morgan fingerprint density at radius 2 is 1.89 bits per heavy atom. The number of aryl methyl sites for hydroxylation is 1. The smallest absolute Gasteiger partial charge is 0.475 e. The molecule has 190 valence electrons. The molecule has 2 atom stereocenters. The molecule has 3 aromatic rings. The fourth-order valence-electron chi connectivity index (χ4n) is 3.99. The summed E-state index contributed by atoms with van der Waals surface area (Å²) in [7, 11) is 1.91. The van der Waals surface area contributed by atoms with E-state index in [1.54, 1.807) is 12.1 Å². The molecule has 35 heavy (non-hydrogen) atoms. The number of benzene rings is 1. The van der Waals surface area contributed by atoms with Crippen LogP contribution in [0.5, 0.6) is 0 Å². The van der Waals surface area contributed by atoms with Crippen molar-refractivity contribution >= 4 is 28.6 Å². The van der Waals surface area contributed by atoms with Gasteiger partial charge in [0.15, 0.2) is 5.82 Å². The summed E-state index contributed by atoms with van der Waals surface area (Å²) in [6.07, 6.45) is 1.28. The summed E-state index contributed by atoms with van der Waals surface area (Å²) in [6, 6.07) is 6.62. The van der Waals surface area contributed by atoms with Gasteiger partial charge in [-0.1, -0.05) is 31.0 Å². The molecule has 2 heterocycles. The van der Waals surface area contributed by atoms with Gasteiger partial charge in [-0.2, -0.15) is 18.3 Å². The summed E-state index contributed by atoms with van der Waals surface area (Å²) in [6.45, 7) is 1.96. The molecule has 4 rings (SSSR count). The first-order valence-corrected chi connectivity index (χ1v) is 11.8. The van der Waals surface area contributed by atoms with Crippen LogP contribution in [0.15, 0.2) is 30.5 Å². The number of rotatable bonds is 6. The highest BCUT2D eigenvalue weighted by molar-refractivity contribution is 14.1. The van der Waals surface area contributed by atoms with E-state index in [1.165, 1.54) is 18.9 Å². The highest BCUT2D eigenvalue weighted by atomic mass is 127. The number of nitrogens with zero attached hydrogens (tertiary/aromatic N) is 6. The van der Waals surface area contributed by atoms with Crippen molar-refractivity contribution in [2.45, 2.75) is 56.9 Å². The molecule has 0 spiro atoms. The average molecular weight is 609 g/mol. The van der Waals surface area contributed by atoms with Gasteiger partial charge in [-0.05, 0) is 58.8 Å². The van der Waals surface area contributed by atoms with E-state index >= 15 is 0 Å². The summed E-state index contributed by atoms with van der Waals surface area (Å²) in [5.74, 6) is -2.24. The van der Waals surface area contributed by atoms with E-state index in [0.29, 0.717) is 11.6 Å². The number of hydrogen-bond acceptors (Lipinski definition) is 6. The SMILES string of the molecule is CC(NC(c1c(I)cnn1C)c1nnnn1C1CCCC1)c1ccccc1F.O=C(O)C(F)(F)F. The Balaban J connectivity index is 0.000000429. The topological polar surface area (TPSA) is 111 Å². The lowest BCUT2D eigenvalue weighted by Crippen LogP contribution is -2.31. The van der Waals surface area contributed by atoms with Gasteiger partial charge in [-0.3, -0.25) is 10.00 Å². The molecule has 1 aliphatic rings. The molecule has 0 bridgehead atoms. The van der Waals surface area contributed by atoms with Crippen molar-refractivity contribution in [1.82, 2.24) is 35.3 Å². The van der Waals surface area contributed by atoms with Crippen molar-refractivity contribution in [3.63, 3.8) is 0 Å². The summed E-state index contributed by atoms with van der Waals surface area (Å²) in [5.41, 5.74) is 1.59. The Bertz CT molecular complexity index is 1130. The van der Waals surface area contributed by atoms with Gasteiger partial charge in [0.25, 0.3) is 0 Å². The standard InChI is InChI=1S/C19H23FIN7.C2HF3O2/c1-12(14-9-5-6-10-15(14)20)23-17(18-16(21)11-22-27(18)2)19-24-25-26-28(19)13-7-3-4-8-13;3-2(4,5)1(6)7/h5-6,9-13,17,23H,3-4,7-8H2,1-2H3;(H,6,7). The van der Waals surface area contributed by atoms with Gasteiger partial charge in [0.2, 0.25) is 0 Å². The van der Waals surface area contributed by atoms with Crippen molar-refractivity contribution in [1.29, 1.82) is 0 Å². The summed E-state index contributed by atoms with van der Waals surface area (Å²) in [4.78, 5) is 8.90. The Hall–Kier alpha value is -2.62. The number of aliphatic carboxylic acids is 1. The van der Waals surface area contributed by atoms with Crippen LogP contribution in [0, 0.1) is 9.39 Å². The van der Waals surface area contributed by atoms with Gasteiger partial charge < -0.3 is 5.11 Å². The Kier molecular flexibility index (Phi) is 8.79. The number of carboxylic acids is 1. The van der Waals surface area contributed by atoms with E-state index < -0.39 is 12.1 Å². The molecular weight excluding hydrogens is 585 g/mol. The lowest BCUT2D eigenvalue weighted by molar-refractivity contribution is -0.192. The number of alkyl halides is 3. The van der Waals surface area contributed by atoms with Crippen LogP contribution in [0.2, 0.25) is 0 Å². The number of aromatic nitrogens is 6. The minimum Gasteiger partial charge on any atom is -0.475 e. The zero-order chi connectivity index (χ0) is 25.8. The van der Waals surface area contributed by atoms with Crippen LogP contribution in [0.1, 0.15) is 67.8 Å². The van der Waals surface area contributed by atoms with Crippen molar-refractivity contribution in [2.75, 3.05) is 0 Å². The maximum Gasteiger partial charge on any atom is 0.490 e. The minimum absolute atomic E-state index is 0.226. The fraction of sp³-hybridized carbons (Fsp3) is 0.476. The van der Waals surface area contributed by atoms with Gasteiger partial charge in [0.05, 0.1) is 21.5 Å². The van der Waals surface area contributed by atoms with Crippen LogP contribution in [0.3, 0.4) is 0 Å². The molecule has 2 unspecified atom stereocenters. The highest BCUT2D eigenvalue weighted by Crippen LogP contribution is 2.34. The van der Waals surface area contributed by atoms with Crippen molar-refractivity contribution in [3.8, 4) is 0 Å². The van der Waals surface area contributed by atoms with Crippen LogP contribution < -0.4 is 5.32 Å². The molecule has 2 N–H and O–H groups in total. The van der Waals surface area contributed by atoms with Crippen LogP contribution in [0.25, 0.3) is 0 Å². The third-order valence-electron chi connectivity index (χ3n) is 5.69. The number of tetrazole rings is 1. The van der Waals surface area contributed by atoms with Crippen LogP contribution in [-0.4, -0.2) is 47.2 Å². The molecule has 14 heteroatoms. The number of halogens is 5. The van der Waals surface area contributed by atoms with Gasteiger partial charge in [0.1, 0.15) is 11.9 Å². The first-order valence-electron chi connectivity index (χ1n) is 10.8. The van der Waals surface area contributed by atoms with Crippen molar-refractivity contribution in [3.05, 3.63) is 56.9 Å². The van der Waals surface area contributed by atoms with E-state index in [0.717, 1.165) is 27.9 Å². The van der Waals surface area contributed by atoms with Crippen molar-refractivity contribution < 1.29 is 27.5 Å². The Labute approximate surface area is 212 Å². The predicted molar refractivity (Wildman–Crippen MR) is 125 cm³/mol. The van der Waals surface area contributed by atoms with Crippen LogP contribution >= 0.6 is 22.6 Å². The average Bonchev–Trinajstić information content (AvgIpc) is 3.54. The molecule has 1 fully saturated rings. The van der Waals surface area contributed by atoms with Gasteiger partial charge in [-0.15, -0.1) is 5.10 Å². The predicted octanol–water partition coefficient (Wildman–Crippen LogP) is 4.34. The normalized spacial score (nSPS) is 16.0. The molecule has 0 saturated heterocycles. The zero-order valence-electron chi connectivity index (χ0n) is 18.9. The largest absolute Gasteiger partial charge is 0.490 e. The van der Waals surface area contributed by atoms with E-state index in [-0.39, 0.29) is 17.9 Å². The minimum atomic E-state index is -5.08. The second kappa shape index (κ2) is 11.4. The van der Waals surface area contributed by atoms with E-state index in [9.17, 15) is 17.6 Å². The highest BCUT2D eigenvalue weighted by Gasteiger charge is 2.38. The fourth-order valence-corrected chi connectivity index (χ4v) is 4.77. The van der Waals surface area contributed by atoms with Gasteiger partial charge in [0, 0.05) is 18.7 Å². The lowest BCUT2D eigenvalue weighted by Gasteiger charge is -2.25. The maximum atomic E-state index is 14.4. The summed E-state index contributed by atoms with van der Waals surface area (Å²) in [5, 5.41) is 27.7. The number of hydrogen-bond donors (Lipinski definition) is 2. The van der Waals surface area contributed by atoms with Gasteiger partial charge >= 0.3 is 12.1 Å². The molecule has 1 saturated carbocycles. The lowest BCUT2D eigenvalue weighted by atomic mass is 10.0. The first kappa shape index (κ1) is 27.0. The zero-order valence-corrected chi connectivity index (χ0v) is 21.0. The molecular formula is C21H24F4IN7O2. The third-order valence-corrected chi connectivity index (χ3v) is 6.52. The van der Waals surface area contributed by atoms with E-state index in [4.69, 9.17) is 9.90 Å². The molecule has 2 aromatic heterocycles. The number of nitrogens with one attached hydrogen (secondary N) is 1. The van der Waals surface area contributed by atoms with Gasteiger partial charge in [-0.25, -0.2) is 13.9 Å². The van der Waals surface area contributed by atoms with Crippen LogP contribution in [0.4, 0.5) is 17.6 Å². The van der Waals surface area contributed by atoms with Crippen LogP contribution in [-0.2, 0) is 11.8 Å². The maximum absolute atomic E-state index is 14.4. The molecule has 0 aliphatic heterocycles. The number of carboxylic acid groups (broad SMARTS) is 1. The summed E-state index contributed by atoms with van der Waals surface area (Å²) >= 11 is 2.27. The molecule has 9 nitrogen and oxygen atoms in total.